The van der Waals surface area contributed by atoms with Gasteiger partial charge in [0.15, 0.2) is 10.8 Å². The smallest absolute Gasteiger partial charge is 0.274 e. The Morgan fingerprint density at radius 1 is 1.22 bits per heavy atom. The fourth-order valence-corrected chi connectivity index (χ4v) is 4.73. The highest BCUT2D eigenvalue weighted by Crippen LogP contribution is 2.31. The summed E-state index contributed by atoms with van der Waals surface area (Å²) in [6.45, 7) is 5.91. The second-order valence-electron chi connectivity index (χ2n) is 7.40. The summed E-state index contributed by atoms with van der Waals surface area (Å²) in [5, 5.41) is 5.41. The molecule has 0 radical (unpaired) electrons. The minimum absolute atomic E-state index is 0.00705. The molecule has 0 unspecified atom stereocenters. The van der Waals surface area contributed by atoms with Crippen LogP contribution in [0.15, 0.2) is 24.3 Å². The average molecular weight is 384 g/mol. The molecule has 27 heavy (non-hydrogen) atoms. The van der Waals surface area contributed by atoms with E-state index in [1.165, 1.54) is 10.3 Å². The molecular formula is C20H25N5OS. The zero-order chi connectivity index (χ0) is 19.1. The maximum Gasteiger partial charge on any atom is 0.274 e. The number of aromatic nitrogens is 3. The highest BCUT2D eigenvalue weighted by molar-refractivity contribution is 7.22. The average Bonchev–Trinajstić information content (AvgIpc) is 3.23. The van der Waals surface area contributed by atoms with Gasteiger partial charge in [0.1, 0.15) is 0 Å². The van der Waals surface area contributed by atoms with Crippen molar-refractivity contribution in [2.75, 3.05) is 25.0 Å². The van der Waals surface area contributed by atoms with Crippen molar-refractivity contribution < 1.29 is 4.79 Å². The van der Waals surface area contributed by atoms with Crippen molar-refractivity contribution in [3.63, 3.8) is 0 Å². The van der Waals surface area contributed by atoms with Gasteiger partial charge in [0.05, 0.1) is 10.2 Å². The highest BCUT2D eigenvalue weighted by Gasteiger charge is 2.28. The van der Waals surface area contributed by atoms with Gasteiger partial charge >= 0.3 is 0 Å². The Labute approximate surface area is 163 Å². The Morgan fingerprint density at radius 3 is 2.63 bits per heavy atom. The van der Waals surface area contributed by atoms with E-state index in [1.807, 2.05) is 32.0 Å². The van der Waals surface area contributed by atoms with Gasteiger partial charge in [-0.05, 0) is 50.5 Å². The highest BCUT2D eigenvalue weighted by atomic mass is 32.1. The molecule has 0 bridgehead atoms. The number of benzene rings is 1. The molecule has 0 spiro atoms. The van der Waals surface area contributed by atoms with Gasteiger partial charge in [-0.3, -0.25) is 9.48 Å². The second-order valence-corrected chi connectivity index (χ2v) is 8.41. The molecular weight excluding hydrogens is 358 g/mol. The Bertz CT molecular complexity index is 964. The number of fused-ring (bicyclic) bond motifs is 1. The summed E-state index contributed by atoms with van der Waals surface area (Å²) in [6, 6.07) is 8.51. The third kappa shape index (κ3) is 3.43. The SMILES string of the molecule is Cc1ccc2nc(N3CCC(N(C)C(=O)c4cc(C)n(C)n4)CC3)sc2c1. The van der Waals surface area contributed by atoms with Crippen LogP contribution in [0, 0.1) is 13.8 Å². The molecule has 2 aromatic heterocycles. The van der Waals surface area contributed by atoms with Crippen LogP contribution in [0.3, 0.4) is 0 Å². The largest absolute Gasteiger partial charge is 0.348 e. The third-order valence-corrected chi connectivity index (χ3v) is 6.55. The van der Waals surface area contributed by atoms with E-state index >= 15 is 0 Å². The number of hydrogen-bond donors (Lipinski definition) is 0. The summed E-state index contributed by atoms with van der Waals surface area (Å²) in [4.78, 5) is 21.7. The minimum Gasteiger partial charge on any atom is -0.348 e. The van der Waals surface area contributed by atoms with Gasteiger partial charge in [0.25, 0.3) is 5.91 Å². The number of carbonyl (C=O) groups is 1. The molecule has 1 aliphatic heterocycles. The van der Waals surface area contributed by atoms with Crippen molar-refractivity contribution in [1.82, 2.24) is 19.7 Å². The van der Waals surface area contributed by atoms with Crippen LogP contribution < -0.4 is 4.90 Å². The van der Waals surface area contributed by atoms with Crippen molar-refractivity contribution >= 4 is 32.6 Å². The first-order valence-corrected chi connectivity index (χ1v) is 10.1. The monoisotopic (exact) mass is 383 g/mol. The molecule has 1 aliphatic rings. The Hall–Kier alpha value is -2.41. The molecule has 4 rings (SSSR count). The number of nitrogens with zero attached hydrogens (tertiary/aromatic N) is 5. The zero-order valence-electron chi connectivity index (χ0n) is 16.3. The van der Waals surface area contributed by atoms with Gasteiger partial charge in [0, 0.05) is 38.9 Å². The summed E-state index contributed by atoms with van der Waals surface area (Å²) in [5.74, 6) is 0.00705. The predicted molar refractivity (Wildman–Crippen MR) is 110 cm³/mol. The number of thiazole rings is 1. The van der Waals surface area contributed by atoms with E-state index in [-0.39, 0.29) is 11.9 Å². The van der Waals surface area contributed by atoms with E-state index in [4.69, 9.17) is 4.98 Å². The summed E-state index contributed by atoms with van der Waals surface area (Å²) in [5.41, 5.74) is 3.86. The minimum atomic E-state index is 0.00705. The first-order valence-electron chi connectivity index (χ1n) is 9.32. The van der Waals surface area contributed by atoms with Crippen LogP contribution in [-0.4, -0.2) is 51.8 Å². The normalized spacial score (nSPS) is 15.5. The van der Waals surface area contributed by atoms with Gasteiger partial charge in [-0.25, -0.2) is 4.98 Å². The van der Waals surface area contributed by atoms with Crippen molar-refractivity contribution in [3.8, 4) is 0 Å². The Morgan fingerprint density at radius 2 is 1.96 bits per heavy atom. The molecule has 0 saturated carbocycles. The fourth-order valence-electron chi connectivity index (χ4n) is 3.61. The lowest BCUT2D eigenvalue weighted by Gasteiger charge is -2.36. The number of anilines is 1. The van der Waals surface area contributed by atoms with Crippen molar-refractivity contribution in [1.29, 1.82) is 0 Å². The zero-order valence-corrected chi connectivity index (χ0v) is 17.1. The predicted octanol–water partition coefficient (Wildman–Crippen LogP) is 3.39. The van der Waals surface area contributed by atoms with E-state index in [1.54, 1.807) is 16.0 Å². The fraction of sp³-hybridized carbons (Fsp3) is 0.450. The van der Waals surface area contributed by atoms with E-state index in [9.17, 15) is 4.79 Å². The number of aryl methyl sites for hydroxylation is 3. The van der Waals surface area contributed by atoms with Crippen LogP contribution in [0.4, 0.5) is 5.13 Å². The van der Waals surface area contributed by atoms with Crippen LogP contribution in [0.2, 0.25) is 0 Å². The second kappa shape index (κ2) is 6.96. The summed E-state index contributed by atoms with van der Waals surface area (Å²) in [6.07, 6.45) is 1.89. The molecule has 1 amide bonds. The summed E-state index contributed by atoms with van der Waals surface area (Å²) < 4.78 is 2.99. The topological polar surface area (TPSA) is 54.3 Å². The quantitative estimate of drug-likeness (QED) is 0.696. The van der Waals surface area contributed by atoms with E-state index < -0.39 is 0 Å². The van der Waals surface area contributed by atoms with Crippen molar-refractivity contribution in [2.45, 2.75) is 32.7 Å². The molecule has 6 nitrogen and oxygen atoms in total. The van der Waals surface area contributed by atoms with Crippen LogP contribution in [-0.2, 0) is 7.05 Å². The van der Waals surface area contributed by atoms with Crippen LogP contribution in [0.5, 0.6) is 0 Å². The first-order chi connectivity index (χ1) is 12.9. The lowest BCUT2D eigenvalue weighted by atomic mass is 10.0. The van der Waals surface area contributed by atoms with E-state index in [0.717, 1.165) is 42.3 Å². The lowest BCUT2D eigenvalue weighted by Crippen LogP contribution is -2.45. The molecule has 1 saturated heterocycles. The van der Waals surface area contributed by atoms with Crippen LogP contribution >= 0.6 is 11.3 Å². The Kier molecular flexibility index (Phi) is 4.63. The molecule has 1 aromatic carbocycles. The number of piperidine rings is 1. The van der Waals surface area contributed by atoms with Gasteiger partial charge in [-0.2, -0.15) is 5.10 Å². The molecule has 0 atom stereocenters. The van der Waals surface area contributed by atoms with Crippen LogP contribution in [0.25, 0.3) is 10.2 Å². The van der Waals surface area contributed by atoms with Crippen molar-refractivity contribution in [2.24, 2.45) is 7.05 Å². The number of hydrogen-bond acceptors (Lipinski definition) is 5. The van der Waals surface area contributed by atoms with E-state index in [2.05, 4.69) is 35.1 Å². The number of amides is 1. The lowest BCUT2D eigenvalue weighted by molar-refractivity contribution is 0.0702. The standard InChI is InChI=1S/C20H25N5OS/c1-13-5-6-16-18(11-13)27-20(21-16)25-9-7-15(8-10-25)23(3)19(26)17-12-14(2)24(4)22-17/h5-6,11-12,15H,7-10H2,1-4H3. The first kappa shape index (κ1) is 18.0. The van der Waals surface area contributed by atoms with Crippen LogP contribution in [0.1, 0.15) is 34.6 Å². The van der Waals surface area contributed by atoms with Crippen molar-refractivity contribution in [3.05, 3.63) is 41.2 Å². The number of carbonyl (C=O) groups excluding carboxylic acids is 1. The third-order valence-electron chi connectivity index (χ3n) is 5.47. The molecule has 0 aliphatic carbocycles. The maximum atomic E-state index is 12.7. The molecule has 1 fully saturated rings. The van der Waals surface area contributed by atoms with Gasteiger partial charge in [-0.15, -0.1) is 0 Å². The summed E-state index contributed by atoms with van der Waals surface area (Å²) >= 11 is 1.76. The molecule has 3 aromatic rings. The van der Waals surface area contributed by atoms with Gasteiger partial charge in [-0.1, -0.05) is 17.4 Å². The van der Waals surface area contributed by atoms with E-state index in [0.29, 0.717) is 5.69 Å². The molecule has 7 heteroatoms. The number of rotatable bonds is 3. The van der Waals surface area contributed by atoms with Gasteiger partial charge < -0.3 is 9.80 Å². The molecule has 3 heterocycles. The molecule has 142 valence electrons. The Balaban J connectivity index is 1.42. The summed E-state index contributed by atoms with van der Waals surface area (Å²) in [7, 11) is 3.76. The molecule has 0 N–H and O–H groups in total. The van der Waals surface area contributed by atoms with Gasteiger partial charge in [0.2, 0.25) is 0 Å². The maximum absolute atomic E-state index is 12.7.